The van der Waals surface area contributed by atoms with E-state index < -0.39 is 10.0 Å². The van der Waals surface area contributed by atoms with Crippen molar-refractivity contribution in [2.45, 2.75) is 19.8 Å². The minimum Gasteiger partial charge on any atom is -0.215 e. The van der Waals surface area contributed by atoms with E-state index in [9.17, 15) is 12.8 Å². The third-order valence-electron chi connectivity index (χ3n) is 3.65. The van der Waals surface area contributed by atoms with Crippen molar-refractivity contribution < 1.29 is 12.8 Å². The van der Waals surface area contributed by atoms with Crippen LogP contribution < -0.4 is 4.72 Å². The molecule has 0 aliphatic carbocycles. The summed E-state index contributed by atoms with van der Waals surface area (Å²) in [6.07, 6.45) is 0. The van der Waals surface area contributed by atoms with E-state index in [4.69, 9.17) is 0 Å². The van der Waals surface area contributed by atoms with Gasteiger partial charge < -0.3 is 0 Å². The van der Waals surface area contributed by atoms with Crippen molar-refractivity contribution in [1.82, 2.24) is 4.72 Å². The second-order valence-electron chi connectivity index (χ2n) is 5.25. The van der Waals surface area contributed by atoms with E-state index in [2.05, 4.69) is 4.72 Å². The molecule has 3 nitrogen and oxygen atoms in total. The molecule has 0 radical (unpaired) electrons. The summed E-state index contributed by atoms with van der Waals surface area (Å²) in [6.45, 7) is 3.92. The summed E-state index contributed by atoms with van der Waals surface area (Å²) in [6, 6.07) is 14.2. The average molecular weight is 321 g/mol. The maximum atomic E-state index is 13.7. The molecule has 0 saturated carbocycles. The van der Waals surface area contributed by atoms with Gasteiger partial charge in [0.2, 0.25) is 10.0 Å². The number of benzene rings is 2. The summed E-state index contributed by atoms with van der Waals surface area (Å²) in [7, 11) is -3.18. The first-order chi connectivity index (χ1) is 10.4. The Balaban J connectivity index is 2.10. The molecular formula is C17H20FNO2S. The van der Waals surface area contributed by atoms with Crippen LogP contribution in [0.3, 0.4) is 0 Å². The van der Waals surface area contributed by atoms with Crippen LogP contribution in [-0.4, -0.2) is 20.7 Å². The number of hydrogen-bond donors (Lipinski definition) is 1. The van der Waals surface area contributed by atoms with Gasteiger partial charge in [0.1, 0.15) is 5.82 Å². The van der Waals surface area contributed by atoms with E-state index in [1.807, 2.05) is 31.2 Å². The number of hydrogen-bond acceptors (Lipinski definition) is 2. The van der Waals surface area contributed by atoms with Gasteiger partial charge in [0.05, 0.1) is 5.75 Å². The molecule has 0 aliphatic rings. The molecule has 0 spiro atoms. The van der Waals surface area contributed by atoms with Crippen LogP contribution in [0.15, 0.2) is 48.5 Å². The molecule has 0 aliphatic heterocycles. The van der Waals surface area contributed by atoms with Crippen LogP contribution in [0, 0.1) is 5.82 Å². The van der Waals surface area contributed by atoms with Gasteiger partial charge in [-0.2, -0.15) is 0 Å². The van der Waals surface area contributed by atoms with Crippen LogP contribution in [0.4, 0.5) is 4.39 Å². The molecule has 2 rings (SSSR count). The van der Waals surface area contributed by atoms with Gasteiger partial charge in [-0.3, -0.25) is 0 Å². The van der Waals surface area contributed by atoms with Crippen LogP contribution in [-0.2, 0) is 10.0 Å². The van der Waals surface area contributed by atoms with E-state index >= 15 is 0 Å². The molecule has 0 saturated heterocycles. The van der Waals surface area contributed by atoms with E-state index in [1.165, 1.54) is 6.07 Å². The first kappa shape index (κ1) is 16.6. The first-order valence-corrected chi connectivity index (χ1v) is 8.90. The maximum Gasteiger partial charge on any atom is 0.211 e. The van der Waals surface area contributed by atoms with Crippen LogP contribution in [0.5, 0.6) is 0 Å². The van der Waals surface area contributed by atoms with Crippen molar-refractivity contribution in [2.24, 2.45) is 0 Å². The smallest absolute Gasteiger partial charge is 0.211 e. The van der Waals surface area contributed by atoms with Gasteiger partial charge in [0.15, 0.2) is 0 Å². The summed E-state index contributed by atoms with van der Waals surface area (Å²) in [5, 5.41) is 0. The van der Waals surface area contributed by atoms with Crippen molar-refractivity contribution in [3.05, 3.63) is 59.9 Å². The molecule has 5 heteroatoms. The molecule has 2 aromatic carbocycles. The minimum absolute atomic E-state index is 0.0518. The Kier molecular flexibility index (Phi) is 5.32. The predicted octanol–water partition coefficient (Wildman–Crippen LogP) is 3.54. The normalized spacial score (nSPS) is 13.0. The molecule has 0 aromatic heterocycles. The molecule has 118 valence electrons. The van der Waals surface area contributed by atoms with E-state index in [0.717, 1.165) is 11.1 Å². The van der Waals surface area contributed by atoms with Crippen LogP contribution >= 0.6 is 0 Å². The topological polar surface area (TPSA) is 46.2 Å². The van der Waals surface area contributed by atoms with Crippen molar-refractivity contribution in [3.8, 4) is 11.1 Å². The number of nitrogens with one attached hydrogen (secondary N) is 1. The van der Waals surface area contributed by atoms with Gasteiger partial charge in [-0.05, 0) is 30.0 Å². The minimum atomic E-state index is -3.18. The van der Waals surface area contributed by atoms with Gasteiger partial charge in [0, 0.05) is 12.1 Å². The van der Waals surface area contributed by atoms with Crippen molar-refractivity contribution in [3.63, 3.8) is 0 Å². The van der Waals surface area contributed by atoms with Gasteiger partial charge in [-0.25, -0.2) is 17.5 Å². The van der Waals surface area contributed by atoms with Gasteiger partial charge in [-0.1, -0.05) is 49.4 Å². The second-order valence-corrected chi connectivity index (χ2v) is 7.35. The van der Waals surface area contributed by atoms with Crippen LogP contribution in [0.1, 0.15) is 25.3 Å². The van der Waals surface area contributed by atoms with E-state index in [1.54, 1.807) is 25.1 Å². The third kappa shape index (κ3) is 4.15. The lowest BCUT2D eigenvalue weighted by Gasteiger charge is -2.13. The lowest BCUT2D eigenvalue weighted by Crippen LogP contribution is -2.28. The Morgan fingerprint density at radius 1 is 1.09 bits per heavy atom. The van der Waals surface area contributed by atoms with Gasteiger partial charge in [-0.15, -0.1) is 0 Å². The largest absolute Gasteiger partial charge is 0.215 e. The fraction of sp³-hybridized carbons (Fsp3) is 0.294. The Bertz CT molecular complexity index is 727. The Morgan fingerprint density at radius 2 is 1.73 bits per heavy atom. The molecule has 0 fully saturated rings. The molecule has 2 aromatic rings. The Hall–Kier alpha value is -1.72. The van der Waals surface area contributed by atoms with Crippen LogP contribution in [0.2, 0.25) is 0 Å². The van der Waals surface area contributed by atoms with Gasteiger partial charge >= 0.3 is 0 Å². The zero-order chi connectivity index (χ0) is 16.2. The quantitative estimate of drug-likeness (QED) is 0.884. The molecular weight excluding hydrogens is 301 g/mol. The first-order valence-electron chi connectivity index (χ1n) is 7.25. The summed E-state index contributed by atoms with van der Waals surface area (Å²) in [5.74, 6) is -0.124. The molecule has 22 heavy (non-hydrogen) atoms. The summed E-state index contributed by atoms with van der Waals surface area (Å²) >= 11 is 0. The van der Waals surface area contributed by atoms with E-state index in [0.29, 0.717) is 12.1 Å². The van der Waals surface area contributed by atoms with Crippen molar-refractivity contribution in [1.29, 1.82) is 0 Å². The molecule has 1 atom stereocenters. The molecule has 0 unspecified atom stereocenters. The van der Waals surface area contributed by atoms with Crippen molar-refractivity contribution >= 4 is 10.0 Å². The van der Waals surface area contributed by atoms with Crippen molar-refractivity contribution in [2.75, 3.05) is 12.3 Å². The molecule has 0 amide bonds. The molecule has 1 N–H and O–H groups in total. The number of rotatable bonds is 6. The highest BCUT2D eigenvalue weighted by atomic mass is 32.2. The Morgan fingerprint density at radius 3 is 2.32 bits per heavy atom. The summed E-state index contributed by atoms with van der Waals surface area (Å²) < 4.78 is 39.2. The van der Waals surface area contributed by atoms with E-state index in [-0.39, 0.29) is 17.5 Å². The summed E-state index contributed by atoms with van der Waals surface area (Å²) in [5.41, 5.74) is 2.38. The Labute approximate surface area is 131 Å². The molecule has 0 bridgehead atoms. The zero-order valence-corrected chi connectivity index (χ0v) is 13.5. The predicted molar refractivity (Wildman–Crippen MR) is 87.7 cm³/mol. The zero-order valence-electron chi connectivity index (χ0n) is 12.7. The lowest BCUT2D eigenvalue weighted by atomic mass is 9.97. The maximum absolute atomic E-state index is 13.7. The SMILES string of the molecule is CCS(=O)(=O)NC[C@H](C)c1ccc(-c2ccccc2F)cc1. The standard InChI is InChI=1S/C17H20FNO2S/c1-3-22(20,21)19-12-13(2)14-8-10-15(11-9-14)16-6-4-5-7-17(16)18/h4-11,13,19H,3,12H2,1-2H3/t13-/m0/s1. The second kappa shape index (κ2) is 7.03. The fourth-order valence-electron chi connectivity index (χ4n) is 2.16. The monoisotopic (exact) mass is 321 g/mol. The highest BCUT2D eigenvalue weighted by Crippen LogP contribution is 2.24. The van der Waals surface area contributed by atoms with Gasteiger partial charge in [0.25, 0.3) is 0 Å². The molecule has 0 heterocycles. The number of halogens is 1. The highest BCUT2D eigenvalue weighted by Gasteiger charge is 2.11. The van der Waals surface area contributed by atoms with Crippen LogP contribution in [0.25, 0.3) is 11.1 Å². The lowest BCUT2D eigenvalue weighted by molar-refractivity contribution is 0.576. The average Bonchev–Trinajstić information content (AvgIpc) is 2.53. The fourth-order valence-corrected chi connectivity index (χ4v) is 2.87. The summed E-state index contributed by atoms with van der Waals surface area (Å²) in [4.78, 5) is 0. The third-order valence-corrected chi connectivity index (χ3v) is 5.02. The number of sulfonamides is 1. The highest BCUT2D eigenvalue weighted by molar-refractivity contribution is 7.89.